The molecule has 0 amide bonds. The third-order valence-electron chi connectivity index (χ3n) is 1.67. The quantitative estimate of drug-likeness (QED) is 0.336. The van der Waals surface area contributed by atoms with Crippen molar-refractivity contribution in [3.8, 4) is 0 Å². The second kappa shape index (κ2) is 5.08. The number of rotatable bonds is 3. The van der Waals surface area contributed by atoms with Crippen molar-refractivity contribution in [1.82, 2.24) is 0 Å². The maximum Gasteiger partial charge on any atom is 0.277 e. The summed E-state index contributed by atoms with van der Waals surface area (Å²) in [6, 6.07) is 5.48. The van der Waals surface area contributed by atoms with Crippen LogP contribution in [0.5, 0.6) is 0 Å². The molecule has 0 N–H and O–H groups in total. The summed E-state index contributed by atoms with van der Waals surface area (Å²) < 4.78 is 1.36. The van der Waals surface area contributed by atoms with Gasteiger partial charge < -0.3 is 0 Å². The van der Waals surface area contributed by atoms with Gasteiger partial charge in [0.1, 0.15) is 0 Å². The lowest BCUT2D eigenvalue weighted by Crippen LogP contribution is -1.97. The third kappa shape index (κ3) is 2.52. The number of alkyl halides is 2. The van der Waals surface area contributed by atoms with E-state index in [2.05, 4.69) is 45.2 Å². The van der Waals surface area contributed by atoms with E-state index in [1.165, 1.54) is 0 Å². The molecule has 0 aliphatic heterocycles. The van der Waals surface area contributed by atoms with Gasteiger partial charge in [0.05, 0.1) is 4.92 Å². The highest BCUT2D eigenvalue weighted by Gasteiger charge is 2.16. The van der Waals surface area contributed by atoms with E-state index in [4.69, 9.17) is 0 Å². The van der Waals surface area contributed by atoms with Crippen molar-refractivity contribution < 1.29 is 4.92 Å². The van der Waals surface area contributed by atoms with Crippen LogP contribution in [0.4, 0.5) is 5.69 Å². The molecule has 1 aromatic carbocycles. The Hall–Kier alpha value is 0.0800. The van der Waals surface area contributed by atoms with Crippen LogP contribution in [0.3, 0.4) is 0 Å². The average Bonchev–Trinajstić information content (AvgIpc) is 2.16. The van der Waals surface area contributed by atoms with E-state index in [1.807, 2.05) is 6.07 Å². The number of hydrogen-bond acceptors (Lipinski definition) is 2. The number of halogens is 2. The Morgan fingerprint density at radius 1 is 1.23 bits per heavy atom. The highest BCUT2D eigenvalue weighted by Crippen LogP contribution is 2.27. The molecule has 1 rings (SSSR count). The summed E-state index contributed by atoms with van der Waals surface area (Å²) in [6.45, 7) is 0. The fourth-order valence-electron chi connectivity index (χ4n) is 1.09. The second-order valence-corrected chi connectivity index (χ2v) is 3.97. The van der Waals surface area contributed by atoms with Crippen LogP contribution in [-0.4, -0.2) is 4.92 Å². The van der Waals surface area contributed by atoms with Gasteiger partial charge in [0.25, 0.3) is 5.69 Å². The molecular weight excluding hydrogens is 396 g/mol. The molecule has 1 aromatic rings. The highest BCUT2D eigenvalue weighted by molar-refractivity contribution is 14.1. The van der Waals surface area contributed by atoms with Crippen molar-refractivity contribution in [3.05, 3.63) is 39.4 Å². The van der Waals surface area contributed by atoms with Gasteiger partial charge in [-0.25, -0.2) is 0 Å². The third-order valence-corrected chi connectivity index (χ3v) is 3.32. The van der Waals surface area contributed by atoms with Gasteiger partial charge in [-0.15, -0.1) is 0 Å². The number of nitro benzene ring substituents is 1. The van der Waals surface area contributed by atoms with Crippen LogP contribution in [0.2, 0.25) is 0 Å². The SMILES string of the molecule is O=[N+]([O-])c1c(CI)cccc1CI. The zero-order valence-corrected chi connectivity index (χ0v) is 11.0. The Bertz CT molecular complexity index is 306. The Labute approximate surface area is 103 Å². The van der Waals surface area contributed by atoms with Gasteiger partial charge in [-0.3, -0.25) is 10.1 Å². The molecule has 0 bridgehead atoms. The molecule has 70 valence electrons. The number of para-hydroxylation sites is 1. The molecule has 0 fully saturated rings. The standard InChI is InChI=1S/C8H7I2NO2/c9-4-6-2-1-3-7(5-10)8(6)11(12)13/h1-3H,4-5H2. The average molecular weight is 403 g/mol. The summed E-state index contributed by atoms with van der Waals surface area (Å²) in [5.41, 5.74) is 1.89. The largest absolute Gasteiger partial charge is 0.277 e. The molecule has 3 nitrogen and oxygen atoms in total. The van der Waals surface area contributed by atoms with Crippen molar-refractivity contribution in [2.24, 2.45) is 0 Å². The van der Waals surface area contributed by atoms with Gasteiger partial charge in [0.2, 0.25) is 0 Å². The van der Waals surface area contributed by atoms with Gasteiger partial charge in [-0.2, -0.15) is 0 Å². The Balaban J connectivity index is 3.29. The number of nitrogens with zero attached hydrogens (tertiary/aromatic N) is 1. The van der Waals surface area contributed by atoms with E-state index in [-0.39, 0.29) is 10.6 Å². The molecule has 0 spiro atoms. The predicted octanol–water partition coefficient (Wildman–Crippen LogP) is 3.46. The first-order chi connectivity index (χ1) is 6.20. The van der Waals surface area contributed by atoms with E-state index in [0.717, 1.165) is 11.1 Å². The highest BCUT2D eigenvalue weighted by atomic mass is 127. The molecule has 0 heterocycles. The molecule has 0 aromatic heterocycles. The Morgan fingerprint density at radius 3 is 2.00 bits per heavy atom. The van der Waals surface area contributed by atoms with Crippen molar-refractivity contribution in [1.29, 1.82) is 0 Å². The summed E-state index contributed by atoms with van der Waals surface area (Å²) in [5.74, 6) is 0. The summed E-state index contributed by atoms with van der Waals surface area (Å²) in [4.78, 5) is 10.5. The monoisotopic (exact) mass is 403 g/mol. The predicted molar refractivity (Wildman–Crippen MR) is 68.5 cm³/mol. The lowest BCUT2D eigenvalue weighted by atomic mass is 10.1. The van der Waals surface area contributed by atoms with Crippen LogP contribution < -0.4 is 0 Å². The van der Waals surface area contributed by atoms with Crippen LogP contribution in [-0.2, 0) is 8.86 Å². The van der Waals surface area contributed by atoms with Gasteiger partial charge in [-0.05, 0) is 0 Å². The molecule has 0 unspecified atom stereocenters. The fraction of sp³-hybridized carbons (Fsp3) is 0.250. The summed E-state index contributed by atoms with van der Waals surface area (Å²) in [6.07, 6.45) is 0. The number of nitro groups is 1. The molecule has 0 aliphatic carbocycles. The van der Waals surface area contributed by atoms with Gasteiger partial charge in [-0.1, -0.05) is 63.4 Å². The zero-order chi connectivity index (χ0) is 9.84. The minimum atomic E-state index is -0.290. The molecule has 0 saturated heterocycles. The summed E-state index contributed by atoms with van der Waals surface area (Å²) in [7, 11) is 0. The first-order valence-corrected chi connectivity index (χ1v) is 6.63. The summed E-state index contributed by atoms with van der Waals surface area (Å²) >= 11 is 4.28. The molecule has 0 atom stereocenters. The van der Waals surface area contributed by atoms with Crippen LogP contribution in [0.1, 0.15) is 11.1 Å². The second-order valence-electron chi connectivity index (χ2n) is 2.45. The number of hydrogen-bond donors (Lipinski definition) is 0. The smallest absolute Gasteiger partial charge is 0.258 e. The lowest BCUT2D eigenvalue weighted by molar-refractivity contribution is -0.386. The fourth-order valence-corrected chi connectivity index (χ4v) is 2.33. The summed E-state index contributed by atoms with van der Waals surface area (Å²) in [5, 5.41) is 10.8. The van der Waals surface area contributed by atoms with E-state index in [0.29, 0.717) is 8.86 Å². The van der Waals surface area contributed by atoms with Crippen molar-refractivity contribution in [3.63, 3.8) is 0 Å². The van der Waals surface area contributed by atoms with Crippen molar-refractivity contribution in [2.75, 3.05) is 0 Å². The minimum absolute atomic E-state index is 0.284. The van der Waals surface area contributed by atoms with Crippen LogP contribution in [0.25, 0.3) is 0 Å². The first kappa shape index (κ1) is 11.2. The van der Waals surface area contributed by atoms with Gasteiger partial charge in [0.15, 0.2) is 0 Å². The Morgan fingerprint density at radius 2 is 1.69 bits per heavy atom. The van der Waals surface area contributed by atoms with Gasteiger partial charge in [0, 0.05) is 20.0 Å². The van der Waals surface area contributed by atoms with E-state index in [1.54, 1.807) is 12.1 Å². The first-order valence-electron chi connectivity index (χ1n) is 3.57. The van der Waals surface area contributed by atoms with Crippen LogP contribution in [0.15, 0.2) is 18.2 Å². The van der Waals surface area contributed by atoms with Crippen molar-refractivity contribution >= 4 is 50.9 Å². The number of benzene rings is 1. The molecule has 0 saturated carbocycles. The van der Waals surface area contributed by atoms with E-state index in [9.17, 15) is 10.1 Å². The maximum atomic E-state index is 10.8. The van der Waals surface area contributed by atoms with Crippen LogP contribution >= 0.6 is 45.2 Å². The zero-order valence-electron chi connectivity index (χ0n) is 6.67. The van der Waals surface area contributed by atoms with Gasteiger partial charge >= 0.3 is 0 Å². The minimum Gasteiger partial charge on any atom is -0.258 e. The molecule has 13 heavy (non-hydrogen) atoms. The Kier molecular flexibility index (Phi) is 4.36. The molecule has 0 aliphatic rings. The van der Waals surface area contributed by atoms with E-state index >= 15 is 0 Å². The maximum absolute atomic E-state index is 10.8. The molecule has 5 heteroatoms. The lowest BCUT2D eigenvalue weighted by Gasteiger charge is -2.02. The van der Waals surface area contributed by atoms with E-state index < -0.39 is 0 Å². The molecule has 0 radical (unpaired) electrons. The normalized spacial score (nSPS) is 10.0. The van der Waals surface area contributed by atoms with Crippen LogP contribution in [0, 0.1) is 10.1 Å². The van der Waals surface area contributed by atoms with Crippen molar-refractivity contribution in [2.45, 2.75) is 8.86 Å². The topological polar surface area (TPSA) is 43.1 Å². The molecular formula is C8H7I2NO2.